The quantitative estimate of drug-likeness (QED) is 0.578. The minimum Gasteiger partial charge on any atom is -0.353 e. The first-order chi connectivity index (χ1) is 15.9. The maximum atomic E-state index is 13.9. The Bertz CT molecular complexity index is 1290. The zero-order valence-electron chi connectivity index (χ0n) is 18.5. The van der Waals surface area contributed by atoms with E-state index in [-0.39, 0.29) is 28.5 Å². The Morgan fingerprint density at radius 1 is 0.971 bits per heavy atom. The Morgan fingerprint density at radius 2 is 1.59 bits per heavy atom. The van der Waals surface area contributed by atoms with Crippen molar-refractivity contribution in [2.24, 2.45) is 5.14 Å². The third-order valence-electron chi connectivity index (χ3n) is 5.50. The van der Waals surface area contributed by atoms with Crippen molar-refractivity contribution in [3.8, 4) is 22.4 Å². The molecule has 2 unspecified atom stereocenters. The standard InChI is InChI=1S/C23H24F3N5O2S/c1-14-12-31(13-15(2)28-14)21-19(17-9-6-10-18(11-17)34(27,32)33)20(16-7-4-3-5-8-16)29-22(30-21)23(24,25)26/h3-11,14-15,28H,12-13H2,1-2H3,(H2,27,32,33). The number of rotatable bonds is 4. The van der Waals surface area contributed by atoms with Gasteiger partial charge in [-0.15, -0.1) is 0 Å². The maximum absolute atomic E-state index is 13.9. The van der Waals surface area contributed by atoms with Gasteiger partial charge in [0.2, 0.25) is 15.8 Å². The molecule has 0 spiro atoms. The molecule has 7 nitrogen and oxygen atoms in total. The number of aromatic nitrogens is 2. The first-order valence-electron chi connectivity index (χ1n) is 10.6. The minimum absolute atomic E-state index is 0.00293. The van der Waals surface area contributed by atoms with Crippen molar-refractivity contribution in [3.63, 3.8) is 0 Å². The van der Waals surface area contributed by atoms with Gasteiger partial charge in [-0.25, -0.2) is 23.5 Å². The van der Waals surface area contributed by atoms with E-state index in [9.17, 15) is 21.6 Å². The molecule has 3 aromatic rings. The zero-order chi connectivity index (χ0) is 24.7. The number of hydrogen-bond acceptors (Lipinski definition) is 6. The van der Waals surface area contributed by atoms with Gasteiger partial charge in [0.1, 0.15) is 5.82 Å². The first kappa shape index (κ1) is 24.1. The molecule has 1 fully saturated rings. The van der Waals surface area contributed by atoms with Gasteiger partial charge in [0.25, 0.3) is 0 Å². The largest absolute Gasteiger partial charge is 0.451 e. The van der Waals surface area contributed by atoms with Crippen LogP contribution in [0.25, 0.3) is 22.4 Å². The number of benzene rings is 2. The Balaban J connectivity index is 2.06. The van der Waals surface area contributed by atoms with Gasteiger partial charge in [-0.3, -0.25) is 0 Å². The summed E-state index contributed by atoms with van der Waals surface area (Å²) in [7, 11) is -4.04. The van der Waals surface area contributed by atoms with E-state index < -0.39 is 22.0 Å². The van der Waals surface area contributed by atoms with Gasteiger partial charge in [-0.1, -0.05) is 42.5 Å². The molecule has 1 aliphatic rings. The van der Waals surface area contributed by atoms with Crippen LogP contribution in [0.3, 0.4) is 0 Å². The van der Waals surface area contributed by atoms with Crippen molar-refractivity contribution in [1.82, 2.24) is 15.3 Å². The Hall–Kier alpha value is -3.02. The van der Waals surface area contributed by atoms with Gasteiger partial charge in [-0.05, 0) is 31.5 Å². The van der Waals surface area contributed by atoms with E-state index in [2.05, 4.69) is 15.3 Å². The lowest BCUT2D eigenvalue weighted by atomic mass is 9.98. The first-order valence-corrected chi connectivity index (χ1v) is 12.2. The number of alkyl halides is 3. The maximum Gasteiger partial charge on any atom is 0.451 e. The van der Waals surface area contributed by atoms with Crippen LogP contribution < -0.4 is 15.4 Å². The second kappa shape index (κ2) is 8.97. The predicted octanol–water partition coefficient (Wildman–Crippen LogP) is 3.66. The van der Waals surface area contributed by atoms with Gasteiger partial charge >= 0.3 is 6.18 Å². The lowest BCUT2D eigenvalue weighted by molar-refractivity contribution is -0.144. The molecule has 4 rings (SSSR count). The SMILES string of the molecule is CC1CN(c2nc(C(F)(F)F)nc(-c3ccccc3)c2-c2cccc(S(N)(=O)=O)c2)CC(C)N1. The molecule has 180 valence electrons. The van der Waals surface area contributed by atoms with Crippen molar-refractivity contribution in [3.05, 3.63) is 60.4 Å². The molecule has 0 amide bonds. The Kier molecular flexibility index (Phi) is 6.36. The molecule has 0 radical (unpaired) electrons. The van der Waals surface area contributed by atoms with Crippen molar-refractivity contribution >= 4 is 15.8 Å². The summed E-state index contributed by atoms with van der Waals surface area (Å²) in [5.41, 5.74) is 1.17. The molecule has 1 saturated heterocycles. The molecule has 0 bridgehead atoms. The molecule has 0 saturated carbocycles. The topological polar surface area (TPSA) is 101 Å². The highest BCUT2D eigenvalue weighted by Gasteiger charge is 2.38. The van der Waals surface area contributed by atoms with Crippen LogP contribution in [0.5, 0.6) is 0 Å². The van der Waals surface area contributed by atoms with Crippen LogP contribution in [0, 0.1) is 0 Å². The summed E-state index contributed by atoms with van der Waals surface area (Å²) in [6.45, 7) is 4.70. The van der Waals surface area contributed by atoms with E-state index in [1.165, 1.54) is 18.2 Å². The highest BCUT2D eigenvalue weighted by molar-refractivity contribution is 7.89. The molecule has 2 aromatic carbocycles. The van der Waals surface area contributed by atoms with Gasteiger partial charge in [0.15, 0.2) is 0 Å². The molecule has 34 heavy (non-hydrogen) atoms. The van der Waals surface area contributed by atoms with Crippen LogP contribution in [-0.2, 0) is 16.2 Å². The number of hydrogen-bond donors (Lipinski definition) is 2. The van der Waals surface area contributed by atoms with Crippen LogP contribution in [0.1, 0.15) is 19.7 Å². The van der Waals surface area contributed by atoms with Gasteiger partial charge in [-0.2, -0.15) is 13.2 Å². The fourth-order valence-electron chi connectivity index (χ4n) is 4.20. The number of anilines is 1. The lowest BCUT2D eigenvalue weighted by Crippen LogP contribution is -2.54. The van der Waals surface area contributed by atoms with Crippen molar-refractivity contribution in [1.29, 1.82) is 0 Å². The average Bonchev–Trinajstić information content (AvgIpc) is 2.77. The molecular formula is C23H24F3N5O2S. The molecule has 2 heterocycles. The number of primary sulfonamides is 1. The Morgan fingerprint density at radius 3 is 2.18 bits per heavy atom. The third-order valence-corrected chi connectivity index (χ3v) is 6.41. The number of nitrogens with zero attached hydrogens (tertiary/aromatic N) is 3. The molecule has 1 aromatic heterocycles. The third kappa shape index (κ3) is 5.06. The summed E-state index contributed by atoms with van der Waals surface area (Å²) in [6, 6.07) is 14.2. The minimum atomic E-state index is -4.77. The molecular weight excluding hydrogens is 467 g/mol. The molecule has 11 heteroatoms. The Labute approximate surface area is 195 Å². The average molecular weight is 492 g/mol. The molecule has 0 aliphatic carbocycles. The summed E-state index contributed by atoms with van der Waals surface area (Å²) in [4.78, 5) is 9.52. The van der Waals surface area contributed by atoms with Crippen molar-refractivity contribution in [2.45, 2.75) is 37.0 Å². The molecule has 2 atom stereocenters. The summed E-state index contributed by atoms with van der Waals surface area (Å²) < 4.78 is 65.7. The molecule has 3 N–H and O–H groups in total. The summed E-state index contributed by atoms with van der Waals surface area (Å²) in [5, 5.41) is 8.68. The normalized spacial score (nSPS) is 19.3. The van der Waals surface area contributed by atoms with Gasteiger partial charge < -0.3 is 10.2 Å². The smallest absolute Gasteiger partial charge is 0.353 e. The van der Waals surface area contributed by atoms with Crippen molar-refractivity contribution in [2.75, 3.05) is 18.0 Å². The summed E-state index contributed by atoms with van der Waals surface area (Å²) >= 11 is 0. The van der Waals surface area contributed by atoms with Crippen LogP contribution >= 0.6 is 0 Å². The lowest BCUT2D eigenvalue weighted by Gasteiger charge is -2.38. The van der Waals surface area contributed by atoms with E-state index in [4.69, 9.17) is 5.14 Å². The van der Waals surface area contributed by atoms with E-state index in [1.54, 1.807) is 41.3 Å². The van der Waals surface area contributed by atoms with E-state index in [0.717, 1.165) is 0 Å². The number of nitrogens with two attached hydrogens (primary N) is 1. The number of piperazine rings is 1. The fourth-order valence-corrected chi connectivity index (χ4v) is 4.76. The van der Waals surface area contributed by atoms with Gasteiger partial charge in [0, 0.05) is 30.7 Å². The zero-order valence-corrected chi connectivity index (χ0v) is 19.4. The highest BCUT2D eigenvalue weighted by atomic mass is 32.2. The summed E-state index contributed by atoms with van der Waals surface area (Å²) in [6.07, 6.45) is -4.77. The van der Waals surface area contributed by atoms with E-state index >= 15 is 0 Å². The number of nitrogens with one attached hydrogen (secondary N) is 1. The fraction of sp³-hybridized carbons (Fsp3) is 0.304. The second-order valence-corrected chi connectivity index (χ2v) is 9.97. The van der Waals surface area contributed by atoms with Crippen molar-refractivity contribution < 1.29 is 21.6 Å². The highest BCUT2D eigenvalue weighted by Crippen LogP contribution is 2.41. The second-order valence-electron chi connectivity index (χ2n) is 8.40. The van der Waals surface area contributed by atoms with Crippen LogP contribution in [-0.4, -0.2) is 43.6 Å². The number of halogens is 3. The van der Waals surface area contributed by atoms with Gasteiger partial charge in [0.05, 0.1) is 16.2 Å². The van der Waals surface area contributed by atoms with E-state index in [1.807, 2.05) is 13.8 Å². The van der Waals surface area contributed by atoms with E-state index in [0.29, 0.717) is 29.8 Å². The van der Waals surface area contributed by atoms with Crippen LogP contribution in [0.4, 0.5) is 19.0 Å². The van der Waals surface area contributed by atoms with Crippen LogP contribution in [0.15, 0.2) is 59.5 Å². The monoisotopic (exact) mass is 491 g/mol. The molecule has 1 aliphatic heterocycles. The van der Waals surface area contributed by atoms with Crippen LogP contribution in [0.2, 0.25) is 0 Å². The summed E-state index contributed by atoms with van der Waals surface area (Å²) in [5.74, 6) is -1.17. The number of sulfonamides is 1. The predicted molar refractivity (Wildman–Crippen MR) is 124 cm³/mol.